The quantitative estimate of drug-likeness (QED) is 0.236. The van der Waals surface area contributed by atoms with Crippen molar-refractivity contribution in [1.29, 1.82) is 0 Å². The third kappa shape index (κ3) is 9.89. The molecule has 2 amide bonds. The van der Waals surface area contributed by atoms with Gasteiger partial charge in [-0.25, -0.2) is 0 Å². The fourth-order valence-electron chi connectivity index (χ4n) is 2.15. The van der Waals surface area contributed by atoms with E-state index in [2.05, 4.69) is 10.6 Å². The minimum Gasteiger partial charge on any atom is -0.508 e. The highest BCUT2D eigenvalue weighted by Gasteiger charge is 2.23. The smallest absolute Gasteiger partial charge is 0.322 e. The summed E-state index contributed by atoms with van der Waals surface area (Å²) in [6.07, 6.45) is -0.393. The van der Waals surface area contributed by atoms with Crippen LogP contribution >= 0.6 is 11.8 Å². The highest BCUT2D eigenvalue weighted by molar-refractivity contribution is 8.13. The van der Waals surface area contributed by atoms with Crippen molar-refractivity contribution in [2.75, 3.05) is 12.3 Å². The molecule has 0 saturated heterocycles. The summed E-state index contributed by atoms with van der Waals surface area (Å²) in [5.74, 6) is -4.10. The van der Waals surface area contributed by atoms with Gasteiger partial charge in [0.15, 0.2) is 5.12 Å². The van der Waals surface area contributed by atoms with E-state index < -0.39 is 42.4 Å². The van der Waals surface area contributed by atoms with Crippen molar-refractivity contribution in [2.45, 2.75) is 31.3 Å². The van der Waals surface area contributed by atoms with Crippen molar-refractivity contribution in [3.63, 3.8) is 0 Å². The Morgan fingerprint density at radius 1 is 1.07 bits per heavy atom. The lowest BCUT2D eigenvalue weighted by molar-refractivity contribution is -0.139. The molecule has 0 fully saturated rings. The van der Waals surface area contributed by atoms with Gasteiger partial charge < -0.3 is 31.7 Å². The number of benzene rings is 1. The summed E-state index contributed by atoms with van der Waals surface area (Å²) in [5, 5.41) is 30.8. The maximum atomic E-state index is 12.2. The molecular formula is C18H23N3O8S. The van der Waals surface area contributed by atoms with Crippen LogP contribution in [0.15, 0.2) is 24.3 Å². The second-order valence-corrected chi connectivity index (χ2v) is 7.32. The van der Waals surface area contributed by atoms with E-state index in [4.69, 9.17) is 15.9 Å². The van der Waals surface area contributed by atoms with Gasteiger partial charge in [0.05, 0.1) is 0 Å². The van der Waals surface area contributed by atoms with Crippen molar-refractivity contribution in [3.05, 3.63) is 29.8 Å². The Bertz CT molecular complexity index is 784. The Kier molecular flexibility index (Phi) is 10.3. The Morgan fingerprint density at radius 3 is 2.27 bits per heavy atom. The Balaban J connectivity index is 2.65. The number of nitrogens with two attached hydrogens (primary N) is 1. The molecule has 0 spiro atoms. The summed E-state index contributed by atoms with van der Waals surface area (Å²) in [7, 11) is 0. The van der Waals surface area contributed by atoms with E-state index in [0.29, 0.717) is 5.56 Å². The van der Waals surface area contributed by atoms with Gasteiger partial charge >= 0.3 is 11.9 Å². The average Bonchev–Trinajstić information content (AvgIpc) is 2.68. The molecule has 1 aromatic carbocycles. The summed E-state index contributed by atoms with van der Waals surface area (Å²) >= 11 is 0.774. The first-order chi connectivity index (χ1) is 14.1. The zero-order chi connectivity index (χ0) is 22.7. The van der Waals surface area contributed by atoms with Gasteiger partial charge in [-0.2, -0.15) is 0 Å². The molecule has 0 aliphatic heterocycles. The maximum Gasteiger partial charge on any atom is 0.322 e. The molecule has 164 valence electrons. The Labute approximate surface area is 176 Å². The molecule has 1 aromatic rings. The van der Waals surface area contributed by atoms with Crippen LogP contribution in [0.2, 0.25) is 0 Å². The summed E-state index contributed by atoms with van der Waals surface area (Å²) < 4.78 is 0. The first-order valence-electron chi connectivity index (χ1n) is 8.79. The third-order valence-corrected chi connectivity index (χ3v) is 4.73. The summed E-state index contributed by atoms with van der Waals surface area (Å²) in [5.41, 5.74) is 5.97. The van der Waals surface area contributed by atoms with Gasteiger partial charge in [0.2, 0.25) is 11.8 Å². The fraction of sp³-hybridized carbons (Fsp3) is 0.389. The van der Waals surface area contributed by atoms with Crippen molar-refractivity contribution in [3.8, 4) is 5.75 Å². The second-order valence-electron chi connectivity index (χ2n) is 6.24. The maximum absolute atomic E-state index is 12.2. The number of phenols is 1. The number of thioether (sulfide) groups is 1. The molecule has 0 bridgehead atoms. The highest BCUT2D eigenvalue weighted by Crippen LogP contribution is 2.14. The van der Waals surface area contributed by atoms with Gasteiger partial charge in [0.1, 0.15) is 24.4 Å². The lowest BCUT2D eigenvalue weighted by Crippen LogP contribution is -2.49. The van der Waals surface area contributed by atoms with Gasteiger partial charge in [-0.15, -0.1) is 0 Å². The summed E-state index contributed by atoms with van der Waals surface area (Å²) in [6.45, 7) is -0.665. The van der Waals surface area contributed by atoms with E-state index in [9.17, 15) is 29.1 Å². The number of aliphatic carboxylic acids is 2. The fourth-order valence-corrected chi connectivity index (χ4v) is 3.01. The normalized spacial score (nSPS) is 12.4. The molecule has 7 N–H and O–H groups in total. The second kappa shape index (κ2) is 12.4. The molecule has 0 aliphatic carbocycles. The monoisotopic (exact) mass is 441 g/mol. The topological polar surface area (TPSA) is 196 Å². The van der Waals surface area contributed by atoms with E-state index in [1.165, 1.54) is 12.1 Å². The van der Waals surface area contributed by atoms with Crippen LogP contribution in [-0.4, -0.2) is 68.6 Å². The van der Waals surface area contributed by atoms with Gasteiger partial charge in [0, 0.05) is 18.6 Å². The van der Waals surface area contributed by atoms with Gasteiger partial charge in [0.25, 0.3) is 0 Å². The van der Waals surface area contributed by atoms with E-state index in [1.54, 1.807) is 12.1 Å². The van der Waals surface area contributed by atoms with E-state index >= 15 is 0 Å². The van der Waals surface area contributed by atoms with Crippen LogP contribution in [0.1, 0.15) is 18.4 Å². The van der Waals surface area contributed by atoms with Crippen LogP contribution in [0.5, 0.6) is 5.75 Å². The molecule has 1 rings (SSSR count). The number of phenolic OH excluding ortho intramolecular Hbond substituents is 1. The number of rotatable bonds is 12. The Morgan fingerprint density at radius 2 is 1.70 bits per heavy atom. The van der Waals surface area contributed by atoms with Crippen molar-refractivity contribution in [2.24, 2.45) is 5.73 Å². The summed E-state index contributed by atoms with van der Waals surface area (Å²) in [4.78, 5) is 57.7. The SMILES string of the molecule is N[C@@H](CCC(=O)N[C@@H](CSC(=O)Cc1ccc(O)cc1)C(=O)NCC(=O)O)C(=O)O. The molecule has 0 radical (unpaired) electrons. The zero-order valence-corrected chi connectivity index (χ0v) is 16.7. The van der Waals surface area contributed by atoms with E-state index in [0.717, 1.165) is 11.8 Å². The molecular weight excluding hydrogens is 418 g/mol. The van der Waals surface area contributed by atoms with Gasteiger partial charge in [-0.1, -0.05) is 23.9 Å². The van der Waals surface area contributed by atoms with Crippen molar-refractivity contribution < 1.29 is 39.3 Å². The average molecular weight is 441 g/mol. The molecule has 0 aromatic heterocycles. The first kappa shape index (κ1) is 24.9. The molecule has 0 unspecified atom stereocenters. The number of amides is 2. The highest BCUT2D eigenvalue weighted by atomic mass is 32.2. The standard InChI is InChI=1S/C18H23N3O8S/c19-12(18(28)29)5-6-14(23)21-13(17(27)20-8-15(24)25)9-30-16(26)7-10-1-3-11(22)4-2-10/h1-4,12-13,22H,5-9,19H2,(H,20,27)(H,21,23)(H,24,25)(H,28,29)/t12-,13-/m0/s1. The number of aromatic hydroxyl groups is 1. The number of carbonyl (C=O) groups is 5. The molecule has 11 nitrogen and oxygen atoms in total. The van der Waals surface area contributed by atoms with Crippen LogP contribution in [0.3, 0.4) is 0 Å². The summed E-state index contributed by atoms with van der Waals surface area (Å²) in [6, 6.07) is 3.55. The minimum atomic E-state index is -1.28. The lowest BCUT2D eigenvalue weighted by Gasteiger charge is -2.18. The first-order valence-corrected chi connectivity index (χ1v) is 9.77. The van der Waals surface area contributed by atoms with E-state index in [1.807, 2.05) is 0 Å². The van der Waals surface area contributed by atoms with E-state index in [-0.39, 0.29) is 35.9 Å². The molecule has 0 saturated carbocycles. The van der Waals surface area contributed by atoms with Crippen LogP contribution in [-0.2, 0) is 30.4 Å². The van der Waals surface area contributed by atoms with Crippen molar-refractivity contribution in [1.82, 2.24) is 10.6 Å². The lowest BCUT2D eigenvalue weighted by atomic mass is 10.1. The van der Waals surface area contributed by atoms with Gasteiger partial charge in [-0.05, 0) is 24.1 Å². The number of carboxylic acids is 2. The molecule has 12 heteroatoms. The third-order valence-electron chi connectivity index (χ3n) is 3.76. The zero-order valence-electron chi connectivity index (χ0n) is 15.9. The molecule has 0 aliphatic rings. The van der Waals surface area contributed by atoms with Crippen LogP contribution < -0.4 is 16.4 Å². The predicted octanol–water partition coefficient (Wildman–Crippen LogP) is -0.928. The largest absolute Gasteiger partial charge is 0.508 e. The number of hydrogen-bond donors (Lipinski definition) is 6. The molecule has 30 heavy (non-hydrogen) atoms. The molecule has 2 atom stereocenters. The number of hydrogen-bond acceptors (Lipinski definition) is 8. The van der Waals surface area contributed by atoms with Crippen LogP contribution in [0.4, 0.5) is 0 Å². The van der Waals surface area contributed by atoms with Crippen molar-refractivity contribution >= 4 is 40.6 Å². The number of carboxylic acid groups (broad SMARTS) is 2. The molecule has 0 heterocycles. The number of carbonyl (C=O) groups excluding carboxylic acids is 3. The minimum absolute atomic E-state index is 0.0236. The van der Waals surface area contributed by atoms with Crippen LogP contribution in [0, 0.1) is 0 Å². The van der Waals surface area contributed by atoms with Crippen LogP contribution in [0.25, 0.3) is 0 Å². The number of nitrogens with one attached hydrogen (secondary N) is 2. The predicted molar refractivity (Wildman–Crippen MR) is 107 cm³/mol. The van der Waals surface area contributed by atoms with Gasteiger partial charge in [-0.3, -0.25) is 24.0 Å². The Hall–Kier alpha value is -3.12.